The monoisotopic (exact) mass is 1360 g/mol. The third kappa shape index (κ3) is 24.7. The van der Waals surface area contributed by atoms with Crippen molar-refractivity contribution < 1.29 is 76.9 Å². The molecule has 0 radical (unpaired) electrons. The first-order valence-corrected chi connectivity index (χ1v) is 34.1. The molecule has 2 aliphatic rings. The average molecular weight is 1360 g/mol. The van der Waals surface area contributed by atoms with E-state index in [4.69, 9.17) is 19.9 Å². The largest absolute Gasteiger partial charge is 0.480 e. The molecule has 2 saturated heterocycles. The number of primary amides is 1. The van der Waals surface area contributed by atoms with Crippen LogP contribution in [-0.4, -0.2) is 198 Å². The number of methoxy groups -OCH3 is 2. The molecule has 4 rings (SSSR count). The number of nitrogens with zero attached hydrogens (tertiary/aromatic N) is 4. The molecule has 27 heteroatoms. The van der Waals surface area contributed by atoms with E-state index in [1.165, 1.54) is 31.1 Å². The number of likely N-dealkylation sites (tertiary alicyclic amines) is 2. The van der Waals surface area contributed by atoms with Crippen molar-refractivity contribution in [3.05, 3.63) is 65.7 Å². The number of anilines is 1. The molecule has 0 saturated carbocycles. The molecule has 0 bridgehead atoms. The number of nitrogens with one attached hydrogen (secondary N) is 6. The summed E-state index contributed by atoms with van der Waals surface area (Å²) < 4.78 is 17.7. The Morgan fingerprint density at radius 3 is 1.90 bits per heavy atom. The number of carbonyl (C=O) groups is 12. The van der Waals surface area contributed by atoms with Gasteiger partial charge in [-0.2, -0.15) is 0 Å². The van der Waals surface area contributed by atoms with Crippen LogP contribution in [0.5, 0.6) is 0 Å². The summed E-state index contributed by atoms with van der Waals surface area (Å²) >= 11 is 0. The van der Waals surface area contributed by atoms with Crippen molar-refractivity contribution in [2.45, 2.75) is 214 Å². The number of nitrogens with two attached hydrogens (primary N) is 1. The SMILES string of the molecule is CC[C@H](C)[C@@H]([C@@H](CC(=O)N1CCC[C@H]1[C@H](OC)[C@@H](C)C(=O)N[C@@H](Cc1ccccc1)C(=O)O)OC)N(C)C(=O)[C@@H](NC(=O)[C@H](C(C)C)N(C)C(=O)OCc1ccc(NC(=O)[C@H](CCCNC(N)=O)NC(=O)[C@@H](NC(=O)CCCCCN2C(=O)CC(C)CC2=O)C(C)C)cc1)C(C)C. The highest BCUT2D eigenvalue weighted by Gasteiger charge is 2.44. The predicted molar refractivity (Wildman–Crippen MR) is 363 cm³/mol. The average Bonchev–Trinajstić information content (AvgIpc) is 1.80. The van der Waals surface area contributed by atoms with E-state index in [1.54, 1.807) is 109 Å². The minimum Gasteiger partial charge on any atom is -0.480 e. The number of carboxylic acids is 1. The molecule has 97 heavy (non-hydrogen) atoms. The van der Waals surface area contributed by atoms with Crippen molar-refractivity contribution in [3.8, 4) is 0 Å². The Morgan fingerprint density at radius 1 is 0.701 bits per heavy atom. The van der Waals surface area contributed by atoms with E-state index in [-0.39, 0.29) is 93.2 Å². The molecule has 2 fully saturated rings. The Bertz CT molecular complexity index is 2950. The van der Waals surface area contributed by atoms with Gasteiger partial charge in [-0.25, -0.2) is 14.4 Å². The maximum Gasteiger partial charge on any atom is 0.410 e. The highest BCUT2D eigenvalue weighted by Crippen LogP contribution is 2.31. The van der Waals surface area contributed by atoms with Gasteiger partial charge >= 0.3 is 18.1 Å². The summed E-state index contributed by atoms with van der Waals surface area (Å²) in [5, 5.41) is 26.4. The highest BCUT2D eigenvalue weighted by atomic mass is 16.6. The van der Waals surface area contributed by atoms with Crippen molar-refractivity contribution in [1.29, 1.82) is 0 Å². The first kappa shape index (κ1) is 81.2. The minimum absolute atomic E-state index is 0.0187. The van der Waals surface area contributed by atoms with Crippen LogP contribution in [0.3, 0.4) is 0 Å². The van der Waals surface area contributed by atoms with Crippen LogP contribution in [0, 0.1) is 35.5 Å². The zero-order valence-electron chi connectivity index (χ0n) is 59.3. The van der Waals surface area contributed by atoms with Gasteiger partial charge < -0.3 is 66.8 Å². The molecule has 540 valence electrons. The van der Waals surface area contributed by atoms with E-state index in [0.717, 1.165) is 10.5 Å². The summed E-state index contributed by atoms with van der Waals surface area (Å²) in [5.41, 5.74) is 6.85. The zero-order valence-corrected chi connectivity index (χ0v) is 59.3. The number of rotatable bonds is 39. The zero-order chi connectivity index (χ0) is 72.4. The number of aliphatic carboxylic acids is 1. The van der Waals surface area contributed by atoms with Crippen LogP contribution in [0.4, 0.5) is 15.3 Å². The standard InChI is InChI=1S/C70H109N11O16/c1-15-45(9)61(53(95-13)39-57(85)80-35-23-27-52(80)62(96-14)46(10)63(86)75-51(68(91)92)38-47-24-18-16-19-25-47)78(11)67(90)59(42(4)5)77-66(89)60(43(6)7)79(12)70(94)97-40-48-29-31-49(32-30-48)73-64(87)50(26-22-33-72-69(71)93)74-65(88)58(41(2)3)76-54(82)28-20-17-21-34-81-55(83)36-44(8)37-56(81)84/h16,18-19,24-25,29-32,41-46,50-53,58-62H,15,17,20-23,26-28,33-40H2,1-14H3,(H,73,87)(H,74,88)(H,75,86)(H,76,82)(H,77,89)(H,91,92)(H3,71,72,93)/t45-,46+,50-,51-,52-,53+,58-,59-,60-,61-,62+/m0/s1. The minimum atomic E-state index is -1.19. The second kappa shape index (κ2) is 39.9. The molecule has 0 unspecified atom stereocenters. The second-order valence-corrected chi connectivity index (χ2v) is 27.0. The topological polar surface area (TPSA) is 364 Å². The third-order valence-corrected chi connectivity index (χ3v) is 18.4. The maximum atomic E-state index is 14.8. The van der Waals surface area contributed by atoms with Crippen LogP contribution in [0.2, 0.25) is 0 Å². The van der Waals surface area contributed by atoms with E-state index >= 15 is 0 Å². The predicted octanol–water partition coefficient (Wildman–Crippen LogP) is 5.51. The van der Waals surface area contributed by atoms with E-state index in [2.05, 4.69) is 31.9 Å². The van der Waals surface area contributed by atoms with Gasteiger partial charge in [-0.05, 0) is 91.4 Å². The van der Waals surface area contributed by atoms with Crippen LogP contribution in [-0.2, 0) is 75.2 Å². The number of unbranched alkanes of at least 4 members (excludes halogenated alkanes) is 2. The lowest BCUT2D eigenvalue weighted by atomic mass is 9.89. The molecule has 12 amide bonds. The van der Waals surface area contributed by atoms with Crippen molar-refractivity contribution in [2.24, 2.45) is 41.2 Å². The maximum absolute atomic E-state index is 14.8. The van der Waals surface area contributed by atoms with Crippen molar-refractivity contribution >= 4 is 76.9 Å². The van der Waals surface area contributed by atoms with Gasteiger partial charge in [-0.1, -0.05) is 125 Å². The molecule has 11 atom stereocenters. The van der Waals surface area contributed by atoms with Crippen molar-refractivity contribution in [2.75, 3.05) is 53.3 Å². The Kier molecular flexibility index (Phi) is 33.4. The van der Waals surface area contributed by atoms with Gasteiger partial charge in [0.15, 0.2) is 0 Å². The quantitative estimate of drug-likeness (QED) is 0.0302. The summed E-state index contributed by atoms with van der Waals surface area (Å²) in [6.07, 6.45) is 1.91. The molecule has 0 spiro atoms. The fraction of sp³-hybridized carbons (Fsp3) is 0.657. The van der Waals surface area contributed by atoms with Crippen LogP contribution in [0.25, 0.3) is 0 Å². The summed E-state index contributed by atoms with van der Waals surface area (Å²) in [7, 11) is 5.97. The normalized spacial score (nSPS) is 17.4. The van der Waals surface area contributed by atoms with Crippen molar-refractivity contribution in [1.82, 2.24) is 46.2 Å². The molecule has 2 aliphatic heterocycles. The number of imide groups is 1. The van der Waals surface area contributed by atoms with Crippen LogP contribution in [0.15, 0.2) is 54.6 Å². The molecule has 27 nitrogen and oxygen atoms in total. The smallest absolute Gasteiger partial charge is 0.410 e. The van der Waals surface area contributed by atoms with Gasteiger partial charge in [-0.3, -0.25) is 53.0 Å². The number of benzene rings is 2. The third-order valence-electron chi connectivity index (χ3n) is 18.4. The van der Waals surface area contributed by atoms with Gasteiger partial charge in [0, 0.05) is 79.3 Å². The number of amides is 12. The van der Waals surface area contributed by atoms with Crippen LogP contribution in [0.1, 0.15) is 157 Å². The summed E-state index contributed by atoms with van der Waals surface area (Å²) in [5.74, 6) is -7.31. The Morgan fingerprint density at radius 2 is 1.33 bits per heavy atom. The molecular formula is C70H109N11O16. The molecule has 0 aromatic heterocycles. The Labute approximate surface area is 571 Å². The van der Waals surface area contributed by atoms with Gasteiger partial charge in [-0.15, -0.1) is 0 Å². The number of likely N-dealkylation sites (N-methyl/N-ethyl adjacent to an activating group) is 2. The lowest BCUT2D eigenvalue weighted by molar-refractivity contribution is -0.150. The highest BCUT2D eigenvalue weighted by molar-refractivity contribution is 5.99. The number of ether oxygens (including phenoxy) is 3. The molecule has 2 aromatic carbocycles. The molecule has 2 heterocycles. The van der Waals surface area contributed by atoms with Gasteiger partial charge in [0.2, 0.25) is 53.2 Å². The fourth-order valence-corrected chi connectivity index (χ4v) is 12.7. The number of hydrogen-bond donors (Lipinski definition) is 8. The first-order chi connectivity index (χ1) is 45.8. The number of piperidine rings is 1. The summed E-state index contributed by atoms with van der Waals surface area (Å²) in [4.78, 5) is 166. The van der Waals surface area contributed by atoms with Crippen LogP contribution >= 0.6 is 0 Å². The number of carboxylic acid groups (broad SMARTS) is 1. The number of hydrogen-bond acceptors (Lipinski definition) is 15. The molecular weight excluding hydrogens is 1250 g/mol. The lowest BCUT2D eigenvalue weighted by Gasteiger charge is -2.41. The molecule has 0 aliphatic carbocycles. The first-order valence-electron chi connectivity index (χ1n) is 34.1. The van der Waals surface area contributed by atoms with Gasteiger partial charge in [0.1, 0.15) is 36.8 Å². The number of urea groups is 1. The van der Waals surface area contributed by atoms with Gasteiger partial charge in [0.25, 0.3) is 0 Å². The summed E-state index contributed by atoms with van der Waals surface area (Å²) in [6, 6.07) is 7.90. The Balaban J connectivity index is 1.37. The number of carbonyl (C=O) groups excluding carboxylic acids is 11. The second-order valence-electron chi connectivity index (χ2n) is 27.0. The molecule has 2 aromatic rings. The van der Waals surface area contributed by atoms with E-state index in [1.807, 2.05) is 26.8 Å². The van der Waals surface area contributed by atoms with Crippen LogP contribution < -0.4 is 37.6 Å². The lowest BCUT2D eigenvalue weighted by Crippen LogP contribution is -2.60. The fourth-order valence-electron chi connectivity index (χ4n) is 12.7. The molecule has 9 N–H and O–H groups in total. The van der Waals surface area contributed by atoms with E-state index in [9.17, 15) is 62.6 Å². The van der Waals surface area contributed by atoms with Gasteiger partial charge in [0.05, 0.1) is 36.6 Å². The van der Waals surface area contributed by atoms with Crippen molar-refractivity contribution in [3.63, 3.8) is 0 Å². The summed E-state index contributed by atoms with van der Waals surface area (Å²) in [6.45, 7) is 18.5. The Hall–Kier alpha value is -8.20. The van der Waals surface area contributed by atoms with E-state index in [0.29, 0.717) is 69.2 Å². The van der Waals surface area contributed by atoms with E-state index < -0.39 is 120 Å².